The van der Waals surface area contributed by atoms with E-state index in [-0.39, 0.29) is 12.0 Å². The van der Waals surface area contributed by atoms with E-state index >= 15 is 0 Å². The van der Waals surface area contributed by atoms with Crippen LogP contribution in [0.3, 0.4) is 0 Å². The van der Waals surface area contributed by atoms with Gasteiger partial charge < -0.3 is 5.11 Å². The topological polar surface area (TPSA) is 20.2 Å². The summed E-state index contributed by atoms with van der Waals surface area (Å²) in [5.74, 6) is -1.28. The molecule has 0 bridgehead atoms. The third-order valence-electron chi connectivity index (χ3n) is 2.78. The van der Waals surface area contributed by atoms with E-state index in [9.17, 15) is 13.9 Å². The van der Waals surface area contributed by atoms with Crippen molar-refractivity contribution in [3.63, 3.8) is 0 Å². The van der Waals surface area contributed by atoms with Crippen molar-refractivity contribution in [2.75, 3.05) is 0 Å². The molecule has 1 unspecified atom stereocenters. The summed E-state index contributed by atoms with van der Waals surface area (Å²) in [4.78, 5) is 0. The van der Waals surface area contributed by atoms with E-state index in [0.717, 1.165) is 8.04 Å². The standard InChI is InChI=1S/C14H10BrF2IO/c15-11-5-4-8(18)6-9(11)14(19)7-10-12(16)2-1-3-13(10)17/h1-6,14,19H,7H2. The van der Waals surface area contributed by atoms with Crippen molar-refractivity contribution in [2.24, 2.45) is 0 Å². The van der Waals surface area contributed by atoms with Crippen LogP contribution in [-0.4, -0.2) is 5.11 Å². The summed E-state index contributed by atoms with van der Waals surface area (Å²) in [5, 5.41) is 10.2. The zero-order valence-corrected chi connectivity index (χ0v) is 13.5. The summed E-state index contributed by atoms with van der Waals surface area (Å²) >= 11 is 5.45. The molecule has 1 N–H and O–H groups in total. The molecule has 19 heavy (non-hydrogen) atoms. The number of aliphatic hydroxyl groups excluding tert-OH is 1. The number of aliphatic hydroxyl groups is 1. The SMILES string of the molecule is OC(Cc1c(F)cccc1F)c1cc(I)ccc1Br. The van der Waals surface area contributed by atoms with Crippen LogP contribution >= 0.6 is 38.5 Å². The second-order valence-electron chi connectivity index (χ2n) is 4.09. The molecule has 0 saturated carbocycles. The van der Waals surface area contributed by atoms with Gasteiger partial charge in [-0.25, -0.2) is 8.78 Å². The Hall–Kier alpha value is -0.530. The molecule has 0 heterocycles. The Balaban J connectivity index is 2.31. The van der Waals surface area contributed by atoms with Crippen LogP contribution in [-0.2, 0) is 6.42 Å². The molecule has 0 aromatic heterocycles. The molecule has 100 valence electrons. The van der Waals surface area contributed by atoms with E-state index < -0.39 is 17.7 Å². The maximum absolute atomic E-state index is 13.5. The van der Waals surface area contributed by atoms with E-state index in [0.29, 0.717) is 5.56 Å². The van der Waals surface area contributed by atoms with Gasteiger partial charge in [-0.05, 0) is 58.5 Å². The minimum atomic E-state index is -0.963. The summed E-state index contributed by atoms with van der Waals surface area (Å²) < 4.78 is 28.8. The van der Waals surface area contributed by atoms with Crippen molar-refractivity contribution in [1.82, 2.24) is 0 Å². The quantitative estimate of drug-likeness (QED) is 0.694. The molecule has 0 saturated heterocycles. The number of hydrogen-bond donors (Lipinski definition) is 1. The maximum Gasteiger partial charge on any atom is 0.129 e. The second-order valence-corrected chi connectivity index (χ2v) is 6.19. The van der Waals surface area contributed by atoms with Gasteiger partial charge in [0, 0.05) is 20.0 Å². The minimum Gasteiger partial charge on any atom is -0.388 e. The summed E-state index contributed by atoms with van der Waals surface area (Å²) in [6, 6.07) is 9.16. The Morgan fingerprint density at radius 1 is 1.16 bits per heavy atom. The van der Waals surface area contributed by atoms with Crippen LogP contribution in [0.25, 0.3) is 0 Å². The predicted octanol–water partition coefficient (Wildman–Crippen LogP) is 4.61. The number of benzene rings is 2. The Morgan fingerprint density at radius 2 is 1.79 bits per heavy atom. The van der Waals surface area contributed by atoms with Crippen LogP contribution < -0.4 is 0 Å². The highest BCUT2D eigenvalue weighted by Crippen LogP contribution is 2.29. The number of rotatable bonds is 3. The highest BCUT2D eigenvalue weighted by molar-refractivity contribution is 14.1. The minimum absolute atomic E-state index is 0.0965. The molecule has 0 fully saturated rings. The maximum atomic E-state index is 13.5. The fourth-order valence-electron chi connectivity index (χ4n) is 1.80. The fraction of sp³-hybridized carbons (Fsp3) is 0.143. The molecule has 0 aliphatic heterocycles. The van der Waals surface area contributed by atoms with Crippen molar-refractivity contribution in [2.45, 2.75) is 12.5 Å². The number of hydrogen-bond acceptors (Lipinski definition) is 1. The van der Waals surface area contributed by atoms with Gasteiger partial charge in [0.15, 0.2) is 0 Å². The molecule has 2 aromatic carbocycles. The molecule has 0 radical (unpaired) electrons. The molecular formula is C14H10BrF2IO. The first kappa shape index (κ1) is 14.9. The molecule has 2 rings (SSSR count). The van der Waals surface area contributed by atoms with E-state index in [1.54, 1.807) is 12.1 Å². The largest absolute Gasteiger partial charge is 0.388 e. The van der Waals surface area contributed by atoms with Crippen LogP contribution in [0, 0.1) is 15.2 Å². The molecule has 5 heteroatoms. The van der Waals surface area contributed by atoms with Crippen molar-refractivity contribution >= 4 is 38.5 Å². The van der Waals surface area contributed by atoms with E-state index in [4.69, 9.17) is 0 Å². The monoisotopic (exact) mass is 438 g/mol. The third-order valence-corrected chi connectivity index (χ3v) is 4.17. The van der Waals surface area contributed by atoms with Crippen molar-refractivity contribution in [3.8, 4) is 0 Å². The van der Waals surface area contributed by atoms with Crippen LogP contribution in [0.5, 0.6) is 0 Å². The zero-order valence-electron chi connectivity index (χ0n) is 9.71. The van der Waals surface area contributed by atoms with E-state index in [1.165, 1.54) is 18.2 Å². The molecular weight excluding hydrogens is 429 g/mol. The Morgan fingerprint density at radius 3 is 2.42 bits per heavy atom. The van der Waals surface area contributed by atoms with Crippen molar-refractivity contribution in [1.29, 1.82) is 0 Å². The van der Waals surface area contributed by atoms with Crippen LogP contribution in [0.15, 0.2) is 40.9 Å². The Kier molecular flexibility index (Phi) is 4.92. The lowest BCUT2D eigenvalue weighted by Crippen LogP contribution is -2.06. The molecule has 1 atom stereocenters. The van der Waals surface area contributed by atoms with E-state index in [1.807, 2.05) is 6.07 Å². The normalized spacial score (nSPS) is 12.5. The molecule has 0 amide bonds. The summed E-state index contributed by atoms with van der Waals surface area (Å²) in [7, 11) is 0. The summed E-state index contributed by atoms with van der Waals surface area (Å²) in [5.41, 5.74) is 0.523. The zero-order chi connectivity index (χ0) is 14.0. The van der Waals surface area contributed by atoms with Gasteiger partial charge >= 0.3 is 0 Å². The molecule has 1 nitrogen and oxygen atoms in total. The summed E-state index contributed by atoms with van der Waals surface area (Å²) in [6.07, 6.45) is -1.06. The van der Waals surface area contributed by atoms with Gasteiger partial charge in [0.05, 0.1) is 6.10 Å². The van der Waals surface area contributed by atoms with Gasteiger partial charge in [0.2, 0.25) is 0 Å². The lowest BCUT2D eigenvalue weighted by atomic mass is 10.0. The average molecular weight is 439 g/mol. The fourth-order valence-corrected chi connectivity index (χ4v) is 2.83. The van der Waals surface area contributed by atoms with Crippen molar-refractivity contribution in [3.05, 3.63) is 67.2 Å². The second kappa shape index (κ2) is 6.28. The Bertz CT molecular complexity index is 584. The molecule has 0 aliphatic rings. The molecule has 2 aromatic rings. The van der Waals surface area contributed by atoms with Crippen LogP contribution in [0.2, 0.25) is 0 Å². The highest BCUT2D eigenvalue weighted by Gasteiger charge is 2.17. The van der Waals surface area contributed by atoms with Gasteiger partial charge in [0.25, 0.3) is 0 Å². The predicted molar refractivity (Wildman–Crippen MR) is 81.9 cm³/mol. The van der Waals surface area contributed by atoms with Crippen LogP contribution in [0.1, 0.15) is 17.2 Å². The van der Waals surface area contributed by atoms with Gasteiger partial charge in [-0.2, -0.15) is 0 Å². The lowest BCUT2D eigenvalue weighted by Gasteiger charge is -2.14. The van der Waals surface area contributed by atoms with Crippen LogP contribution in [0.4, 0.5) is 8.78 Å². The third kappa shape index (κ3) is 3.52. The van der Waals surface area contributed by atoms with Gasteiger partial charge in [-0.15, -0.1) is 0 Å². The number of halogens is 4. The van der Waals surface area contributed by atoms with Gasteiger partial charge in [-0.3, -0.25) is 0 Å². The average Bonchev–Trinajstić information content (AvgIpc) is 2.37. The van der Waals surface area contributed by atoms with Gasteiger partial charge in [-0.1, -0.05) is 22.0 Å². The molecule has 0 aliphatic carbocycles. The smallest absolute Gasteiger partial charge is 0.129 e. The summed E-state index contributed by atoms with van der Waals surface area (Å²) in [6.45, 7) is 0. The molecule has 0 spiro atoms. The first-order valence-electron chi connectivity index (χ1n) is 5.55. The highest BCUT2D eigenvalue weighted by atomic mass is 127. The first-order chi connectivity index (χ1) is 8.99. The first-order valence-corrected chi connectivity index (χ1v) is 7.42. The van der Waals surface area contributed by atoms with E-state index in [2.05, 4.69) is 38.5 Å². The lowest BCUT2D eigenvalue weighted by molar-refractivity contribution is 0.175. The van der Waals surface area contributed by atoms with Crippen molar-refractivity contribution < 1.29 is 13.9 Å². The van der Waals surface area contributed by atoms with Gasteiger partial charge in [0.1, 0.15) is 11.6 Å². The Labute approximate surface area is 131 Å².